The third-order valence-electron chi connectivity index (χ3n) is 4.75. The second-order valence-electron chi connectivity index (χ2n) is 6.01. The Labute approximate surface area is 125 Å². The third kappa shape index (κ3) is 3.06. The molecule has 0 aromatic rings. The zero-order valence-electron chi connectivity index (χ0n) is 12.9. The molecular formula is C15H26N2O4. The summed E-state index contributed by atoms with van der Waals surface area (Å²) in [5, 5.41) is 12.7. The quantitative estimate of drug-likeness (QED) is 0.760. The number of ether oxygens (including phenoxy) is 1. The molecule has 0 spiro atoms. The molecular weight excluding hydrogens is 272 g/mol. The lowest BCUT2D eigenvalue weighted by atomic mass is 9.90. The first-order valence-electron chi connectivity index (χ1n) is 7.92. The summed E-state index contributed by atoms with van der Waals surface area (Å²) < 4.78 is 5.34. The molecule has 3 atom stereocenters. The van der Waals surface area contributed by atoms with E-state index in [0.29, 0.717) is 13.2 Å². The average Bonchev–Trinajstić information content (AvgIpc) is 3.13. The summed E-state index contributed by atoms with van der Waals surface area (Å²) in [4.78, 5) is 26.2. The first-order chi connectivity index (χ1) is 10.1. The highest BCUT2D eigenvalue weighted by atomic mass is 16.5. The second kappa shape index (κ2) is 6.75. The smallest absolute Gasteiger partial charge is 0.311 e. The van der Waals surface area contributed by atoms with E-state index in [9.17, 15) is 14.7 Å². The highest BCUT2D eigenvalue weighted by molar-refractivity contribution is 5.87. The maximum absolute atomic E-state index is 13.1. The molecule has 1 amide bonds. The molecule has 2 heterocycles. The number of carbonyl (C=O) groups is 2. The Morgan fingerprint density at radius 1 is 1.38 bits per heavy atom. The Morgan fingerprint density at radius 2 is 2.14 bits per heavy atom. The number of carbonyl (C=O) groups excluding carboxylic acids is 1. The van der Waals surface area contributed by atoms with Crippen LogP contribution in [0.4, 0.5) is 0 Å². The topological polar surface area (TPSA) is 78.9 Å². The number of nitrogens with zero attached hydrogens (tertiary/aromatic N) is 1. The van der Waals surface area contributed by atoms with Crippen molar-refractivity contribution in [2.24, 2.45) is 5.92 Å². The number of carboxylic acids is 1. The molecule has 0 bridgehead atoms. The van der Waals surface area contributed by atoms with Gasteiger partial charge >= 0.3 is 5.97 Å². The normalized spacial score (nSPS) is 32.3. The fraction of sp³-hybridized carbons (Fsp3) is 0.867. The van der Waals surface area contributed by atoms with Crippen LogP contribution in [0.25, 0.3) is 0 Å². The number of aliphatic carboxylic acids is 1. The van der Waals surface area contributed by atoms with Crippen molar-refractivity contribution in [2.45, 2.75) is 51.1 Å². The fourth-order valence-electron chi connectivity index (χ4n) is 3.46. The van der Waals surface area contributed by atoms with Crippen LogP contribution < -0.4 is 5.32 Å². The summed E-state index contributed by atoms with van der Waals surface area (Å²) in [7, 11) is 0. The molecule has 0 aliphatic carbocycles. The van der Waals surface area contributed by atoms with Gasteiger partial charge in [0, 0.05) is 6.54 Å². The van der Waals surface area contributed by atoms with Crippen LogP contribution in [0.1, 0.15) is 39.5 Å². The van der Waals surface area contributed by atoms with Crippen LogP contribution in [0.3, 0.4) is 0 Å². The van der Waals surface area contributed by atoms with Crippen molar-refractivity contribution in [3.8, 4) is 0 Å². The van der Waals surface area contributed by atoms with Gasteiger partial charge in [-0.15, -0.1) is 0 Å². The van der Waals surface area contributed by atoms with E-state index in [1.807, 2.05) is 13.8 Å². The van der Waals surface area contributed by atoms with E-state index in [1.54, 1.807) is 4.90 Å². The van der Waals surface area contributed by atoms with E-state index >= 15 is 0 Å². The van der Waals surface area contributed by atoms with Gasteiger partial charge in [-0.05, 0) is 32.2 Å². The van der Waals surface area contributed by atoms with E-state index in [0.717, 1.165) is 32.2 Å². The minimum absolute atomic E-state index is 0.0473. The van der Waals surface area contributed by atoms with Gasteiger partial charge in [0.2, 0.25) is 5.91 Å². The summed E-state index contributed by atoms with van der Waals surface area (Å²) in [6.45, 7) is 5.97. The average molecular weight is 298 g/mol. The van der Waals surface area contributed by atoms with Crippen molar-refractivity contribution >= 4 is 11.9 Å². The first-order valence-corrected chi connectivity index (χ1v) is 7.92. The van der Waals surface area contributed by atoms with Crippen molar-refractivity contribution in [3.05, 3.63) is 0 Å². The van der Waals surface area contributed by atoms with Crippen molar-refractivity contribution in [1.82, 2.24) is 10.2 Å². The number of hydrogen-bond donors (Lipinski definition) is 2. The molecule has 21 heavy (non-hydrogen) atoms. The van der Waals surface area contributed by atoms with Gasteiger partial charge in [-0.25, -0.2) is 0 Å². The lowest BCUT2D eigenvalue weighted by Crippen LogP contribution is -2.59. The molecule has 0 radical (unpaired) electrons. The molecule has 0 aromatic heterocycles. The first kappa shape index (κ1) is 16.2. The summed E-state index contributed by atoms with van der Waals surface area (Å²) in [6, 6.07) is -0.347. The summed E-state index contributed by atoms with van der Waals surface area (Å²) in [5.41, 5.74) is -0.513. The number of carboxylic acid groups (broad SMARTS) is 1. The van der Waals surface area contributed by atoms with Gasteiger partial charge < -0.3 is 20.1 Å². The molecule has 2 fully saturated rings. The predicted octanol–water partition coefficient (Wildman–Crippen LogP) is 0.857. The summed E-state index contributed by atoms with van der Waals surface area (Å²) >= 11 is 0. The molecule has 2 saturated heterocycles. The van der Waals surface area contributed by atoms with Crippen molar-refractivity contribution in [2.75, 3.05) is 26.3 Å². The molecule has 2 rings (SSSR count). The van der Waals surface area contributed by atoms with E-state index in [2.05, 4.69) is 5.32 Å². The minimum Gasteiger partial charge on any atom is -0.481 e. The van der Waals surface area contributed by atoms with Crippen LogP contribution in [0, 0.1) is 5.92 Å². The van der Waals surface area contributed by atoms with E-state index in [-0.39, 0.29) is 18.6 Å². The Morgan fingerprint density at radius 3 is 2.67 bits per heavy atom. The van der Waals surface area contributed by atoms with Crippen molar-refractivity contribution in [1.29, 1.82) is 0 Å². The summed E-state index contributed by atoms with van der Waals surface area (Å²) in [5.74, 6) is -1.45. The Hall–Kier alpha value is -1.14. The fourth-order valence-corrected chi connectivity index (χ4v) is 3.46. The van der Waals surface area contributed by atoms with E-state index in [1.165, 1.54) is 0 Å². The van der Waals surface area contributed by atoms with Crippen molar-refractivity contribution in [3.63, 3.8) is 0 Å². The Balaban J connectivity index is 2.21. The number of rotatable bonds is 6. The molecule has 0 saturated carbocycles. The molecule has 0 aromatic carbocycles. The van der Waals surface area contributed by atoms with Crippen LogP contribution in [0.2, 0.25) is 0 Å². The third-order valence-corrected chi connectivity index (χ3v) is 4.75. The number of amides is 1. The highest BCUT2D eigenvalue weighted by Crippen LogP contribution is 2.29. The van der Waals surface area contributed by atoms with Crippen LogP contribution in [0.5, 0.6) is 0 Å². The molecule has 2 aliphatic rings. The lowest BCUT2D eigenvalue weighted by Gasteiger charge is -2.38. The zero-order valence-corrected chi connectivity index (χ0v) is 12.9. The van der Waals surface area contributed by atoms with Crippen molar-refractivity contribution < 1.29 is 19.4 Å². The predicted molar refractivity (Wildman–Crippen MR) is 78.0 cm³/mol. The van der Waals surface area contributed by atoms with Gasteiger partial charge in [0.15, 0.2) is 0 Å². The van der Waals surface area contributed by atoms with E-state index < -0.39 is 17.4 Å². The minimum atomic E-state index is -0.878. The van der Waals surface area contributed by atoms with Crippen LogP contribution >= 0.6 is 0 Å². The molecule has 120 valence electrons. The van der Waals surface area contributed by atoms with Gasteiger partial charge in [0.25, 0.3) is 0 Å². The van der Waals surface area contributed by atoms with Gasteiger partial charge in [-0.3, -0.25) is 9.59 Å². The molecule has 3 unspecified atom stereocenters. The standard InChI is InChI=1S/C15H26N2O4/c1-3-8-17(12-10-21-9-11(12)13(18)19)14(20)15(4-2)6-5-7-16-15/h11-12,16H,3-10H2,1-2H3,(H,18,19). The second-order valence-corrected chi connectivity index (χ2v) is 6.01. The Bertz CT molecular complexity index is 393. The van der Waals surface area contributed by atoms with Gasteiger partial charge in [0.1, 0.15) is 5.92 Å². The maximum Gasteiger partial charge on any atom is 0.311 e. The van der Waals surface area contributed by atoms with Gasteiger partial charge in [0.05, 0.1) is 24.8 Å². The van der Waals surface area contributed by atoms with Gasteiger partial charge in [-0.1, -0.05) is 13.8 Å². The largest absolute Gasteiger partial charge is 0.481 e. The molecule has 6 heteroatoms. The SMILES string of the molecule is CCCN(C(=O)C1(CC)CCCN1)C1COCC1C(=O)O. The Kier molecular flexibility index (Phi) is 5.22. The highest BCUT2D eigenvalue weighted by Gasteiger charge is 2.47. The van der Waals surface area contributed by atoms with Crippen LogP contribution in [0.15, 0.2) is 0 Å². The lowest BCUT2D eigenvalue weighted by molar-refractivity contribution is -0.147. The summed E-state index contributed by atoms with van der Waals surface area (Å²) in [6.07, 6.45) is 3.36. The monoisotopic (exact) mass is 298 g/mol. The zero-order chi connectivity index (χ0) is 15.5. The van der Waals surface area contributed by atoms with E-state index in [4.69, 9.17) is 4.74 Å². The van der Waals surface area contributed by atoms with Crippen LogP contribution in [-0.4, -0.2) is 59.8 Å². The van der Waals surface area contributed by atoms with Crippen LogP contribution in [-0.2, 0) is 14.3 Å². The molecule has 2 N–H and O–H groups in total. The number of hydrogen-bond acceptors (Lipinski definition) is 4. The number of nitrogens with one attached hydrogen (secondary N) is 1. The molecule has 2 aliphatic heterocycles. The maximum atomic E-state index is 13.1. The van der Waals surface area contributed by atoms with Gasteiger partial charge in [-0.2, -0.15) is 0 Å². The molecule has 6 nitrogen and oxygen atoms in total.